The highest BCUT2D eigenvalue weighted by Crippen LogP contribution is 2.15. The maximum atomic E-state index is 5.54. The number of pyridine rings is 1. The smallest absolute Gasteiger partial charge is 0.180 e. The molecule has 2 rings (SSSR count). The first-order valence-corrected chi connectivity index (χ1v) is 4.75. The average Bonchev–Trinajstić information content (AvgIpc) is 2.19. The molecule has 0 aliphatic heterocycles. The van der Waals surface area contributed by atoms with Gasteiger partial charge in [0.1, 0.15) is 11.5 Å². The van der Waals surface area contributed by atoms with Crippen LogP contribution in [0.2, 0.25) is 0 Å². The minimum Gasteiger partial charge on any atom is -0.384 e. The van der Waals surface area contributed by atoms with Gasteiger partial charge in [0.15, 0.2) is 5.82 Å². The Morgan fingerprint density at radius 2 is 2.00 bits per heavy atom. The number of aromatic nitrogens is 3. The monoisotopic (exact) mass is 250 g/mol. The maximum absolute atomic E-state index is 5.54. The maximum Gasteiger partial charge on any atom is 0.180 e. The Balaban J connectivity index is 2.44. The van der Waals surface area contributed by atoms with E-state index >= 15 is 0 Å². The molecule has 0 bridgehead atoms. The van der Waals surface area contributed by atoms with Crippen LogP contribution < -0.4 is 5.73 Å². The molecular weight excluding hydrogens is 244 g/mol. The van der Waals surface area contributed by atoms with E-state index in [1.807, 2.05) is 12.1 Å². The van der Waals surface area contributed by atoms with Gasteiger partial charge in [0.05, 0.1) is 0 Å². The molecule has 0 spiro atoms. The fourth-order valence-electron chi connectivity index (χ4n) is 1.00. The first kappa shape index (κ1) is 9.08. The summed E-state index contributed by atoms with van der Waals surface area (Å²) < 4.78 is 0.921. The molecule has 2 heterocycles. The summed E-state index contributed by atoms with van der Waals surface area (Å²) in [5.74, 6) is 0.984. The first-order chi connectivity index (χ1) is 6.75. The van der Waals surface area contributed by atoms with Crippen LogP contribution in [0.4, 0.5) is 5.82 Å². The van der Waals surface area contributed by atoms with E-state index in [0.29, 0.717) is 17.3 Å². The average molecular weight is 251 g/mol. The van der Waals surface area contributed by atoms with Crippen molar-refractivity contribution in [1.82, 2.24) is 15.0 Å². The minimum absolute atomic E-state index is 0.444. The molecule has 0 atom stereocenters. The second kappa shape index (κ2) is 3.71. The highest BCUT2D eigenvalue weighted by atomic mass is 79.9. The molecule has 14 heavy (non-hydrogen) atoms. The Bertz CT molecular complexity index is 441. The minimum atomic E-state index is 0.444. The Kier molecular flexibility index (Phi) is 2.41. The summed E-state index contributed by atoms with van der Waals surface area (Å²) in [6.07, 6.45) is 3.31. The van der Waals surface area contributed by atoms with Crippen molar-refractivity contribution in [3.05, 3.63) is 35.1 Å². The lowest BCUT2D eigenvalue weighted by atomic mass is 10.3. The molecule has 0 unspecified atom stereocenters. The standard InChI is InChI=1S/C9H7BrN4/c10-6-1-2-7(13-5-6)9-12-4-3-8(11)14-9/h1-5H,(H2,11,12,14). The Morgan fingerprint density at radius 3 is 2.64 bits per heavy atom. The lowest BCUT2D eigenvalue weighted by Gasteiger charge is -1.99. The summed E-state index contributed by atoms with van der Waals surface area (Å²) in [7, 11) is 0. The second-order valence-electron chi connectivity index (χ2n) is 2.67. The van der Waals surface area contributed by atoms with Crippen LogP contribution in [0.15, 0.2) is 35.1 Å². The van der Waals surface area contributed by atoms with Crippen molar-refractivity contribution >= 4 is 21.7 Å². The van der Waals surface area contributed by atoms with Crippen LogP contribution in [0.25, 0.3) is 11.5 Å². The summed E-state index contributed by atoms with van der Waals surface area (Å²) in [6.45, 7) is 0. The van der Waals surface area contributed by atoms with Crippen LogP contribution in [0.1, 0.15) is 0 Å². The topological polar surface area (TPSA) is 64.7 Å². The van der Waals surface area contributed by atoms with Crippen molar-refractivity contribution in [2.45, 2.75) is 0 Å². The quantitative estimate of drug-likeness (QED) is 0.840. The van der Waals surface area contributed by atoms with Crippen LogP contribution in [-0.4, -0.2) is 15.0 Å². The molecule has 2 aromatic heterocycles. The fourth-order valence-corrected chi connectivity index (χ4v) is 1.24. The van der Waals surface area contributed by atoms with Crippen LogP contribution in [-0.2, 0) is 0 Å². The molecule has 0 amide bonds. The number of anilines is 1. The summed E-state index contributed by atoms with van der Waals surface area (Å²) in [6, 6.07) is 5.36. The van der Waals surface area contributed by atoms with E-state index in [9.17, 15) is 0 Å². The van der Waals surface area contributed by atoms with E-state index in [-0.39, 0.29) is 0 Å². The number of nitrogens with two attached hydrogens (primary N) is 1. The lowest BCUT2D eigenvalue weighted by molar-refractivity contribution is 1.14. The van der Waals surface area contributed by atoms with E-state index in [4.69, 9.17) is 5.73 Å². The van der Waals surface area contributed by atoms with E-state index < -0.39 is 0 Å². The van der Waals surface area contributed by atoms with Crippen molar-refractivity contribution in [2.24, 2.45) is 0 Å². The highest BCUT2D eigenvalue weighted by Gasteiger charge is 2.01. The van der Waals surface area contributed by atoms with Gasteiger partial charge in [-0.05, 0) is 34.1 Å². The van der Waals surface area contributed by atoms with Gasteiger partial charge in [0.2, 0.25) is 0 Å². The van der Waals surface area contributed by atoms with Gasteiger partial charge in [-0.2, -0.15) is 0 Å². The summed E-state index contributed by atoms with van der Waals surface area (Å²) in [5, 5.41) is 0. The Labute approximate surface area is 89.4 Å². The molecule has 5 heteroatoms. The molecule has 0 saturated carbocycles. The van der Waals surface area contributed by atoms with Crippen molar-refractivity contribution in [2.75, 3.05) is 5.73 Å². The van der Waals surface area contributed by atoms with E-state index in [1.54, 1.807) is 18.5 Å². The van der Waals surface area contributed by atoms with Crippen molar-refractivity contribution < 1.29 is 0 Å². The summed E-state index contributed by atoms with van der Waals surface area (Å²) in [4.78, 5) is 12.3. The fraction of sp³-hybridized carbons (Fsp3) is 0. The number of rotatable bonds is 1. The van der Waals surface area contributed by atoms with Gasteiger partial charge in [0.25, 0.3) is 0 Å². The van der Waals surface area contributed by atoms with Gasteiger partial charge in [0, 0.05) is 16.9 Å². The molecular formula is C9H7BrN4. The third kappa shape index (κ3) is 1.88. The summed E-state index contributed by atoms with van der Waals surface area (Å²) >= 11 is 3.30. The van der Waals surface area contributed by atoms with E-state index in [0.717, 1.165) is 4.47 Å². The Hall–Kier alpha value is -1.49. The van der Waals surface area contributed by atoms with Crippen LogP contribution in [0.5, 0.6) is 0 Å². The summed E-state index contributed by atoms with van der Waals surface area (Å²) in [5.41, 5.74) is 6.25. The predicted octanol–water partition coefficient (Wildman–Crippen LogP) is 1.88. The van der Waals surface area contributed by atoms with Gasteiger partial charge < -0.3 is 5.73 Å². The molecule has 0 fully saturated rings. The molecule has 2 N–H and O–H groups in total. The largest absolute Gasteiger partial charge is 0.384 e. The lowest BCUT2D eigenvalue weighted by Crippen LogP contribution is -1.95. The van der Waals surface area contributed by atoms with E-state index in [1.165, 1.54) is 0 Å². The normalized spacial score (nSPS) is 10.1. The number of hydrogen-bond donors (Lipinski definition) is 1. The van der Waals surface area contributed by atoms with Crippen molar-refractivity contribution in [3.8, 4) is 11.5 Å². The third-order valence-corrected chi connectivity index (χ3v) is 2.10. The Morgan fingerprint density at radius 1 is 1.14 bits per heavy atom. The molecule has 70 valence electrons. The zero-order valence-electron chi connectivity index (χ0n) is 7.18. The molecule has 0 saturated heterocycles. The number of halogens is 1. The van der Waals surface area contributed by atoms with Crippen LogP contribution >= 0.6 is 15.9 Å². The SMILES string of the molecule is Nc1ccnc(-c2ccc(Br)cn2)n1. The molecule has 0 aromatic carbocycles. The van der Waals surface area contributed by atoms with Crippen molar-refractivity contribution in [1.29, 1.82) is 0 Å². The number of nitrogen functional groups attached to an aromatic ring is 1. The molecule has 0 radical (unpaired) electrons. The zero-order valence-corrected chi connectivity index (χ0v) is 8.77. The number of nitrogens with zero attached hydrogens (tertiary/aromatic N) is 3. The third-order valence-electron chi connectivity index (χ3n) is 1.63. The molecule has 0 aliphatic rings. The van der Waals surface area contributed by atoms with Gasteiger partial charge in [-0.3, -0.25) is 4.98 Å². The predicted molar refractivity (Wildman–Crippen MR) is 57.4 cm³/mol. The van der Waals surface area contributed by atoms with E-state index in [2.05, 4.69) is 30.9 Å². The van der Waals surface area contributed by atoms with Crippen molar-refractivity contribution in [3.63, 3.8) is 0 Å². The second-order valence-corrected chi connectivity index (χ2v) is 3.58. The number of hydrogen-bond acceptors (Lipinski definition) is 4. The van der Waals surface area contributed by atoms with Crippen LogP contribution in [0.3, 0.4) is 0 Å². The highest BCUT2D eigenvalue weighted by molar-refractivity contribution is 9.10. The van der Waals surface area contributed by atoms with Gasteiger partial charge in [-0.1, -0.05) is 0 Å². The van der Waals surface area contributed by atoms with Gasteiger partial charge in [-0.15, -0.1) is 0 Å². The molecule has 4 nitrogen and oxygen atoms in total. The van der Waals surface area contributed by atoms with Gasteiger partial charge in [-0.25, -0.2) is 9.97 Å². The zero-order chi connectivity index (χ0) is 9.97. The molecule has 0 aliphatic carbocycles. The van der Waals surface area contributed by atoms with Gasteiger partial charge >= 0.3 is 0 Å². The van der Waals surface area contributed by atoms with Crippen LogP contribution in [0, 0.1) is 0 Å². The first-order valence-electron chi connectivity index (χ1n) is 3.96. The molecule has 2 aromatic rings.